The largest absolute Gasteiger partial charge is 2.00 e. The maximum Gasteiger partial charge on any atom is 2.00 e. The molecule has 0 fully saturated rings. The van der Waals surface area contributed by atoms with Crippen LogP contribution in [0.5, 0.6) is 11.5 Å². The summed E-state index contributed by atoms with van der Waals surface area (Å²) in [5.41, 5.74) is 2.37. The van der Waals surface area contributed by atoms with Crippen molar-refractivity contribution in [2.75, 3.05) is 0 Å². The molecule has 0 spiro atoms. The molecule has 0 atom stereocenters. The number of aryl methyl sites for hydroxylation is 2. The van der Waals surface area contributed by atoms with Crippen LogP contribution in [-0.2, 0) is 0 Å². The minimum Gasteiger partial charge on any atom is -0.872 e. The molecule has 0 aliphatic heterocycles. The van der Waals surface area contributed by atoms with Crippen molar-refractivity contribution in [1.82, 2.24) is 0 Å². The molecule has 25 heavy (non-hydrogen) atoms. The van der Waals surface area contributed by atoms with Crippen LogP contribution in [0.4, 0.5) is 0 Å². The summed E-state index contributed by atoms with van der Waals surface area (Å²) in [6.07, 6.45) is 0. The molecular weight excluding hydrogens is 321 g/mol. The zero-order valence-corrected chi connectivity index (χ0v) is 15.7. The van der Waals surface area contributed by atoms with Gasteiger partial charge in [-0.1, -0.05) is 83.3 Å². The quantitative estimate of drug-likeness (QED) is 0.492. The van der Waals surface area contributed by atoms with E-state index in [1.807, 2.05) is 60.7 Å². The van der Waals surface area contributed by atoms with Crippen LogP contribution in [-0.4, -0.2) is 23.1 Å². The fourth-order valence-electron chi connectivity index (χ4n) is 3.43. The second-order valence-corrected chi connectivity index (χ2v) is 6.24. The molecule has 4 aromatic rings. The van der Waals surface area contributed by atoms with E-state index in [-0.39, 0.29) is 34.6 Å². The van der Waals surface area contributed by atoms with Crippen LogP contribution in [0, 0.1) is 13.8 Å². The number of rotatable bonds is 1. The summed E-state index contributed by atoms with van der Waals surface area (Å²) in [4.78, 5) is 0. The van der Waals surface area contributed by atoms with E-state index < -0.39 is 0 Å². The Balaban J connectivity index is 0.00000182. The first kappa shape index (κ1) is 17.6. The van der Waals surface area contributed by atoms with Gasteiger partial charge in [0.05, 0.1) is 0 Å². The zero-order valence-electron chi connectivity index (χ0n) is 14.3. The molecule has 4 rings (SSSR count). The molecule has 3 heteroatoms. The monoisotopic (exact) mass is 336 g/mol. The Kier molecular flexibility index (Phi) is 4.63. The minimum absolute atomic E-state index is 0. The van der Waals surface area contributed by atoms with Crippen LogP contribution in [0.25, 0.3) is 32.7 Å². The molecule has 2 nitrogen and oxygen atoms in total. The summed E-state index contributed by atoms with van der Waals surface area (Å²) in [5.74, 6) is -0.136. The summed E-state index contributed by atoms with van der Waals surface area (Å²) in [5, 5.41) is 29.5. The molecule has 0 radical (unpaired) electrons. The number of hydrogen-bond acceptors (Lipinski definition) is 2. The van der Waals surface area contributed by atoms with Crippen LogP contribution in [0.1, 0.15) is 11.1 Å². The van der Waals surface area contributed by atoms with Crippen LogP contribution >= 0.6 is 0 Å². The molecule has 0 aliphatic rings. The van der Waals surface area contributed by atoms with E-state index in [0.29, 0.717) is 22.3 Å². The summed E-state index contributed by atoms with van der Waals surface area (Å²) in [7, 11) is 0. The van der Waals surface area contributed by atoms with E-state index in [1.165, 1.54) is 0 Å². The Morgan fingerprint density at radius 3 is 1.36 bits per heavy atom. The Bertz CT molecular complexity index is 1010. The summed E-state index contributed by atoms with van der Waals surface area (Å²) in [6.45, 7) is 3.61. The third-order valence-electron chi connectivity index (χ3n) is 4.62. The van der Waals surface area contributed by atoms with Gasteiger partial charge in [0, 0.05) is 0 Å². The predicted molar refractivity (Wildman–Crippen MR) is 101 cm³/mol. The molecule has 0 amide bonds. The van der Waals surface area contributed by atoms with E-state index in [2.05, 4.69) is 0 Å². The molecule has 0 saturated carbocycles. The van der Waals surface area contributed by atoms with E-state index in [4.69, 9.17) is 0 Å². The van der Waals surface area contributed by atoms with Gasteiger partial charge in [0.2, 0.25) is 0 Å². The van der Waals surface area contributed by atoms with Gasteiger partial charge in [-0.2, -0.15) is 0 Å². The van der Waals surface area contributed by atoms with Crippen molar-refractivity contribution in [2.24, 2.45) is 0 Å². The number of hydrogen-bond donors (Lipinski definition) is 0. The van der Waals surface area contributed by atoms with Gasteiger partial charge in [-0.25, -0.2) is 0 Å². The van der Waals surface area contributed by atoms with E-state index in [9.17, 15) is 10.2 Å². The van der Waals surface area contributed by atoms with Gasteiger partial charge in [-0.15, -0.1) is 0 Å². The van der Waals surface area contributed by atoms with E-state index in [0.717, 1.165) is 21.5 Å². The summed E-state index contributed by atoms with van der Waals surface area (Å²) >= 11 is 0. The molecule has 0 unspecified atom stereocenters. The molecule has 4 aromatic carbocycles. The van der Waals surface area contributed by atoms with Gasteiger partial charge >= 0.3 is 23.1 Å². The van der Waals surface area contributed by atoms with Crippen LogP contribution < -0.4 is 10.2 Å². The molecule has 118 valence electrons. The molecular formula is C22H16MgO2. The Morgan fingerprint density at radius 1 is 0.600 bits per heavy atom. The second-order valence-electron chi connectivity index (χ2n) is 6.24. The molecule has 0 N–H and O–H groups in total. The Labute approximate surface area is 162 Å². The van der Waals surface area contributed by atoms with E-state index >= 15 is 0 Å². The van der Waals surface area contributed by atoms with Crippen molar-refractivity contribution in [3.63, 3.8) is 0 Å². The predicted octanol–water partition coefficient (Wildman–Crippen LogP) is 4.04. The fourth-order valence-corrected chi connectivity index (χ4v) is 3.43. The van der Waals surface area contributed by atoms with Crippen molar-refractivity contribution in [2.45, 2.75) is 13.8 Å². The van der Waals surface area contributed by atoms with Crippen LogP contribution in [0.3, 0.4) is 0 Å². The standard InChI is InChI=1S/C22H18O2.Mg/c1-13-11-15-7-3-5-9-17(15)19(21(13)23)20-18-10-6-4-8-16(18)12-14(2)22(20)24;/h3-12,23-24H,1-2H3;/q;+2/p-2. The maximum absolute atomic E-state index is 13.0. The van der Waals surface area contributed by atoms with Gasteiger partial charge in [0.1, 0.15) is 0 Å². The van der Waals surface area contributed by atoms with Gasteiger partial charge in [-0.3, -0.25) is 0 Å². The van der Waals surface area contributed by atoms with Crippen molar-refractivity contribution in [3.8, 4) is 22.6 Å². The summed E-state index contributed by atoms with van der Waals surface area (Å²) in [6, 6.07) is 19.3. The SMILES string of the molecule is Cc1cc2ccccc2c(-c2c([O-])c(C)cc3ccccc23)c1[O-].[Mg+2]. The Morgan fingerprint density at radius 2 is 0.960 bits per heavy atom. The molecule has 0 aromatic heterocycles. The van der Waals surface area contributed by atoms with Gasteiger partial charge < -0.3 is 10.2 Å². The van der Waals surface area contributed by atoms with Gasteiger partial charge in [-0.05, 0) is 46.5 Å². The third-order valence-corrected chi connectivity index (χ3v) is 4.62. The zero-order chi connectivity index (χ0) is 16.8. The summed E-state index contributed by atoms with van der Waals surface area (Å²) < 4.78 is 0. The van der Waals surface area contributed by atoms with Crippen molar-refractivity contribution in [1.29, 1.82) is 0 Å². The van der Waals surface area contributed by atoms with E-state index in [1.54, 1.807) is 13.8 Å². The van der Waals surface area contributed by atoms with Gasteiger partial charge in [0.15, 0.2) is 0 Å². The number of fused-ring (bicyclic) bond motifs is 2. The van der Waals surface area contributed by atoms with Crippen LogP contribution in [0.2, 0.25) is 0 Å². The smallest absolute Gasteiger partial charge is 0.872 e. The molecule has 0 saturated heterocycles. The second kappa shape index (κ2) is 6.58. The fraction of sp³-hybridized carbons (Fsp3) is 0.0909. The van der Waals surface area contributed by atoms with Crippen molar-refractivity contribution in [3.05, 3.63) is 71.8 Å². The third kappa shape index (κ3) is 2.73. The number of benzene rings is 4. The first-order chi connectivity index (χ1) is 11.6. The maximum atomic E-state index is 13.0. The molecule has 0 aliphatic carbocycles. The first-order valence-electron chi connectivity index (χ1n) is 7.97. The van der Waals surface area contributed by atoms with Crippen molar-refractivity contribution >= 4 is 44.6 Å². The van der Waals surface area contributed by atoms with Crippen molar-refractivity contribution < 1.29 is 10.2 Å². The first-order valence-corrected chi connectivity index (χ1v) is 7.97. The average molecular weight is 337 g/mol. The molecule has 0 bridgehead atoms. The van der Waals surface area contributed by atoms with Crippen LogP contribution in [0.15, 0.2) is 60.7 Å². The minimum atomic E-state index is -0.0680. The Hall–Kier alpha value is -2.23. The average Bonchev–Trinajstić information content (AvgIpc) is 2.58. The topological polar surface area (TPSA) is 46.1 Å². The van der Waals surface area contributed by atoms with Gasteiger partial charge in [0.25, 0.3) is 0 Å². The molecule has 0 heterocycles. The normalized spacial score (nSPS) is 10.8.